The van der Waals surface area contributed by atoms with Gasteiger partial charge in [-0.1, -0.05) is 12.1 Å². The number of aromatic hydroxyl groups is 1. The molecule has 2 amide bonds. The van der Waals surface area contributed by atoms with E-state index < -0.39 is 18.0 Å². The molecule has 1 atom stereocenters. The van der Waals surface area contributed by atoms with Crippen molar-refractivity contribution in [3.63, 3.8) is 0 Å². The standard InChI is InChI=1S/C19H22N2O7/c1-26-15-9-12(10-16(27-2)17(15)28-3)20-19(25)21-14(18(23)24)8-11-4-6-13(22)7-5-11/h4-7,9-10,14,22H,8H2,1-3H3,(H,23,24)(H2,20,21,25). The first-order valence-corrected chi connectivity index (χ1v) is 8.26. The quantitative estimate of drug-likeness (QED) is 0.544. The highest BCUT2D eigenvalue weighted by molar-refractivity contribution is 5.93. The lowest BCUT2D eigenvalue weighted by molar-refractivity contribution is -0.139. The number of hydrogen-bond donors (Lipinski definition) is 4. The fraction of sp³-hybridized carbons (Fsp3) is 0.263. The number of benzene rings is 2. The molecule has 0 aliphatic carbocycles. The van der Waals surface area contributed by atoms with Gasteiger partial charge in [-0.25, -0.2) is 9.59 Å². The number of anilines is 1. The van der Waals surface area contributed by atoms with E-state index in [-0.39, 0.29) is 12.2 Å². The molecule has 1 unspecified atom stereocenters. The van der Waals surface area contributed by atoms with E-state index in [0.29, 0.717) is 28.5 Å². The molecule has 9 nitrogen and oxygen atoms in total. The molecule has 0 spiro atoms. The van der Waals surface area contributed by atoms with Gasteiger partial charge in [-0.05, 0) is 17.7 Å². The van der Waals surface area contributed by atoms with Crippen LogP contribution in [0.1, 0.15) is 5.56 Å². The minimum Gasteiger partial charge on any atom is -0.508 e. The minimum atomic E-state index is -1.19. The molecule has 0 heterocycles. The van der Waals surface area contributed by atoms with Crippen molar-refractivity contribution in [3.05, 3.63) is 42.0 Å². The summed E-state index contributed by atoms with van der Waals surface area (Å²) in [6.45, 7) is 0. The number of rotatable bonds is 8. The largest absolute Gasteiger partial charge is 0.508 e. The number of phenols is 1. The van der Waals surface area contributed by atoms with Crippen LogP contribution in [0, 0.1) is 0 Å². The Morgan fingerprint density at radius 2 is 1.57 bits per heavy atom. The van der Waals surface area contributed by atoms with Crippen LogP contribution >= 0.6 is 0 Å². The molecule has 0 fully saturated rings. The second kappa shape index (κ2) is 9.36. The Labute approximate surface area is 161 Å². The van der Waals surface area contributed by atoms with Gasteiger partial charge in [-0.15, -0.1) is 0 Å². The number of aliphatic carboxylic acids is 1. The summed E-state index contributed by atoms with van der Waals surface area (Å²) in [6.07, 6.45) is 0.0539. The molecule has 0 bridgehead atoms. The molecule has 0 aliphatic heterocycles. The monoisotopic (exact) mass is 390 g/mol. The topological polar surface area (TPSA) is 126 Å². The van der Waals surface area contributed by atoms with Crippen LogP contribution in [0.15, 0.2) is 36.4 Å². The lowest BCUT2D eigenvalue weighted by Crippen LogP contribution is -2.44. The Bertz CT molecular complexity index is 812. The Morgan fingerprint density at radius 1 is 1.00 bits per heavy atom. The van der Waals surface area contributed by atoms with Gasteiger partial charge in [0.05, 0.1) is 27.0 Å². The van der Waals surface area contributed by atoms with E-state index >= 15 is 0 Å². The maximum absolute atomic E-state index is 12.3. The number of carboxylic acid groups (broad SMARTS) is 1. The molecule has 2 rings (SSSR count). The number of hydrogen-bond acceptors (Lipinski definition) is 6. The molecule has 150 valence electrons. The van der Waals surface area contributed by atoms with Crippen molar-refractivity contribution in [3.8, 4) is 23.0 Å². The molecule has 9 heteroatoms. The van der Waals surface area contributed by atoms with Crippen LogP contribution in [-0.2, 0) is 11.2 Å². The highest BCUT2D eigenvalue weighted by atomic mass is 16.5. The predicted molar refractivity (Wildman–Crippen MR) is 101 cm³/mol. The number of ether oxygens (including phenoxy) is 3. The van der Waals surface area contributed by atoms with Gasteiger partial charge < -0.3 is 35.1 Å². The summed E-state index contributed by atoms with van der Waals surface area (Å²) >= 11 is 0. The van der Waals surface area contributed by atoms with Crippen LogP contribution in [0.25, 0.3) is 0 Å². The van der Waals surface area contributed by atoms with Crippen LogP contribution in [-0.4, -0.2) is 49.6 Å². The van der Waals surface area contributed by atoms with E-state index in [1.807, 2.05) is 0 Å². The highest BCUT2D eigenvalue weighted by Crippen LogP contribution is 2.39. The molecule has 4 N–H and O–H groups in total. The van der Waals surface area contributed by atoms with Gasteiger partial charge in [0.15, 0.2) is 11.5 Å². The molecule has 0 saturated carbocycles. The number of amides is 2. The van der Waals surface area contributed by atoms with Crippen molar-refractivity contribution < 1.29 is 34.0 Å². The van der Waals surface area contributed by atoms with Crippen molar-refractivity contribution >= 4 is 17.7 Å². The van der Waals surface area contributed by atoms with Gasteiger partial charge in [0.1, 0.15) is 11.8 Å². The normalized spacial score (nSPS) is 11.2. The summed E-state index contributed by atoms with van der Waals surface area (Å²) < 4.78 is 15.7. The average Bonchev–Trinajstić information content (AvgIpc) is 2.68. The first-order valence-electron chi connectivity index (χ1n) is 8.26. The number of carboxylic acids is 1. The van der Waals surface area contributed by atoms with E-state index in [9.17, 15) is 19.8 Å². The second-order valence-corrected chi connectivity index (χ2v) is 5.77. The van der Waals surface area contributed by atoms with Gasteiger partial charge in [-0.3, -0.25) is 0 Å². The number of nitrogens with one attached hydrogen (secondary N) is 2. The third-order valence-electron chi connectivity index (χ3n) is 3.90. The summed E-state index contributed by atoms with van der Waals surface area (Å²) in [5, 5.41) is 23.7. The first-order chi connectivity index (χ1) is 13.4. The Morgan fingerprint density at radius 3 is 2.04 bits per heavy atom. The molecule has 0 saturated heterocycles. The van der Waals surface area contributed by atoms with E-state index in [4.69, 9.17) is 14.2 Å². The number of carbonyl (C=O) groups is 2. The summed E-state index contributed by atoms with van der Waals surface area (Å²) in [5.41, 5.74) is 0.985. The molecule has 28 heavy (non-hydrogen) atoms. The van der Waals surface area contributed by atoms with E-state index in [0.717, 1.165) is 0 Å². The average molecular weight is 390 g/mol. The molecule has 2 aromatic carbocycles. The molecule has 2 aromatic rings. The Kier molecular flexibility index (Phi) is 6.91. The van der Waals surface area contributed by atoms with Gasteiger partial charge in [0, 0.05) is 18.6 Å². The van der Waals surface area contributed by atoms with Crippen molar-refractivity contribution in [2.75, 3.05) is 26.6 Å². The van der Waals surface area contributed by atoms with Crippen LogP contribution in [0.5, 0.6) is 23.0 Å². The van der Waals surface area contributed by atoms with Crippen LogP contribution in [0.2, 0.25) is 0 Å². The van der Waals surface area contributed by atoms with E-state index in [2.05, 4.69) is 10.6 Å². The van der Waals surface area contributed by atoms with E-state index in [1.54, 1.807) is 12.1 Å². The van der Waals surface area contributed by atoms with Crippen molar-refractivity contribution in [2.24, 2.45) is 0 Å². The maximum Gasteiger partial charge on any atom is 0.326 e. The Hall–Kier alpha value is -3.62. The summed E-state index contributed by atoms with van der Waals surface area (Å²) in [4.78, 5) is 23.8. The first kappa shape index (κ1) is 20.7. The number of carbonyl (C=O) groups excluding carboxylic acids is 1. The third-order valence-corrected chi connectivity index (χ3v) is 3.90. The molecule has 0 aliphatic rings. The minimum absolute atomic E-state index is 0.0539. The lowest BCUT2D eigenvalue weighted by atomic mass is 10.1. The second-order valence-electron chi connectivity index (χ2n) is 5.77. The van der Waals surface area contributed by atoms with Crippen molar-refractivity contribution in [1.82, 2.24) is 5.32 Å². The molecule has 0 radical (unpaired) electrons. The number of urea groups is 1. The lowest BCUT2D eigenvalue weighted by Gasteiger charge is -2.17. The fourth-order valence-corrected chi connectivity index (χ4v) is 2.55. The van der Waals surface area contributed by atoms with E-state index in [1.165, 1.54) is 45.6 Å². The summed E-state index contributed by atoms with van der Waals surface area (Å²) in [6, 6.07) is 7.25. The molecule has 0 aromatic heterocycles. The maximum atomic E-state index is 12.3. The fourth-order valence-electron chi connectivity index (χ4n) is 2.55. The smallest absolute Gasteiger partial charge is 0.326 e. The summed E-state index contributed by atoms with van der Waals surface area (Å²) in [5.74, 6) is -0.0596. The van der Waals surface area contributed by atoms with Crippen LogP contribution in [0.4, 0.5) is 10.5 Å². The zero-order valence-electron chi connectivity index (χ0n) is 15.7. The zero-order chi connectivity index (χ0) is 20.7. The third kappa shape index (κ3) is 5.19. The van der Waals surface area contributed by atoms with Crippen molar-refractivity contribution in [2.45, 2.75) is 12.5 Å². The van der Waals surface area contributed by atoms with Gasteiger partial charge in [0.2, 0.25) is 5.75 Å². The molecular weight excluding hydrogens is 368 g/mol. The predicted octanol–water partition coefficient (Wildman–Crippen LogP) is 2.24. The van der Waals surface area contributed by atoms with Gasteiger partial charge in [-0.2, -0.15) is 0 Å². The van der Waals surface area contributed by atoms with Crippen LogP contribution < -0.4 is 24.8 Å². The zero-order valence-corrected chi connectivity index (χ0v) is 15.7. The SMILES string of the molecule is COc1cc(NC(=O)NC(Cc2ccc(O)cc2)C(=O)O)cc(OC)c1OC. The highest BCUT2D eigenvalue weighted by Gasteiger charge is 2.21. The van der Waals surface area contributed by atoms with Gasteiger partial charge in [0.25, 0.3) is 0 Å². The molecular formula is C19H22N2O7. The Balaban J connectivity index is 2.12. The van der Waals surface area contributed by atoms with Gasteiger partial charge >= 0.3 is 12.0 Å². The van der Waals surface area contributed by atoms with Crippen molar-refractivity contribution in [1.29, 1.82) is 0 Å². The number of methoxy groups -OCH3 is 3. The number of phenolic OH excluding ortho intramolecular Hbond substituents is 1. The van der Waals surface area contributed by atoms with Crippen LogP contribution in [0.3, 0.4) is 0 Å². The summed E-state index contributed by atoms with van der Waals surface area (Å²) in [7, 11) is 4.35.